The molecular weight excluding hydrogens is 178 g/mol. The largest absolute Gasteiger partial charge is 0.486 e. The third kappa shape index (κ3) is 1.73. The first-order valence-corrected chi connectivity index (χ1v) is 4.90. The van der Waals surface area contributed by atoms with Crippen LogP contribution in [0.15, 0.2) is 18.3 Å². The van der Waals surface area contributed by atoms with Crippen molar-refractivity contribution in [2.45, 2.75) is 38.4 Å². The Morgan fingerprint density at radius 3 is 2.79 bits per heavy atom. The second-order valence-electron chi connectivity index (χ2n) is 4.14. The van der Waals surface area contributed by atoms with E-state index in [-0.39, 0.29) is 6.10 Å². The SMILES string of the molecule is Cc1ccc(O[C@H]2CC[C@]2(C)O)cn1. The fourth-order valence-corrected chi connectivity index (χ4v) is 1.55. The van der Waals surface area contributed by atoms with Crippen molar-refractivity contribution in [1.29, 1.82) is 0 Å². The normalized spacial score (nSPS) is 30.9. The number of hydrogen-bond donors (Lipinski definition) is 1. The first-order valence-electron chi connectivity index (χ1n) is 4.90. The predicted octanol–water partition coefficient (Wildman–Crippen LogP) is 1.68. The van der Waals surface area contributed by atoms with Gasteiger partial charge in [0.1, 0.15) is 11.9 Å². The van der Waals surface area contributed by atoms with Crippen LogP contribution in [0.2, 0.25) is 0 Å². The van der Waals surface area contributed by atoms with Crippen LogP contribution in [0.3, 0.4) is 0 Å². The van der Waals surface area contributed by atoms with E-state index in [0.29, 0.717) is 0 Å². The van der Waals surface area contributed by atoms with E-state index < -0.39 is 5.60 Å². The summed E-state index contributed by atoms with van der Waals surface area (Å²) in [4.78, 5) is 4.13. The number of hydrogen-bond acceptors (Lipinski definition) is 3. The zero-order valence-electron chi connectivity index (χ0n) is 8.53. The smallest absolute Gasteiger partial charge is 0.138 e. The highest BCUT2D eigenvalue weighted by Crippen LogP contribution is 2.34. The number of aliphatic hydroxyl groups is 1. The molecule has 0 saturated heterocycles. The van der Waals surface area contributed by atoms with E-state index in [4.69, 9.17) is 4.74 Å². The average molecular weight is 193 g/mol. The Labute approximate surface area is 83.7 Å². The second-order valence-corrected chi connectivity index (χ2v) is 4.14. The highest BCUT2D eigenvalue weighted by molar-refractivity contribution is 5.20. The standard InChI is InChI=1S/C11H15NO2/c1-8-3-4-9(7-12-8)14-10-5-6-11(10,2)13/h3-4,7,10,13H,5-6H2,1-2H3/t10-,11-/m0/s1. The maximum Gasteiger partial charge on any atom is 0.138 e. The van der Waals surface area contributed by atoms with Gasteiger partial charge in [-0.15, -0.1) is 0 Å². The van der Waals surface area contributed by atoms with Gasteiger partial charge in [-0.1, -0.05) is 0 Å². The molecule has 2 rings (SSSR count). The molecule has 0 aliphatic heterocycles. The Balaban J connectivity index is 2.01. The Bertz CT molecular complexity index is 319. The van der Waals surface area contributed by atoms with E-state index in [1.807, 2.05) is 26.0 Å². The van der Waals surface area contributed by atoms with E-state index in [0.717, 1.165) is 24.3 Å². The summed E-state index contributed by atoms with van der Waals surface area (Å²) < 4.78 is 5.61. The van der Waals surface area contributed by atoms with Crippen LogP contribution in [-0.4, -0.2) is 21.8 Å². The monoisotopic (exact) mass is 193 g/mol. The highest BCUT2D eigenvalue weighted by atomic mass is 16.5. The zero-order chi connectivity index (χ0) is 10.2. The van der Waals surface area contributed by atoms with Gasteiger partial charge < -0.3 is 9.84 Å². The molecule has 1 aromatic heterocycles. The molecule has 1 N–H and O–H groups in total. The summed E-state index contributed by atoms with van der Waals surface area (Å²) in [7, 11) is 0. The van der Waals surface area contributed by atoms with Gasteiger partial charge in [-0.25, -0.2) is 0 Å². The van der Waals surface area contributed by atoms with E-state index >= 15 is 0 Å². The van der Waals surface area contributed by atoms with Crippen LogP contribution in [0.4, 0.5) is 0 Å². The number of aromatic nitrogens is 1. The summed E-state index contributed by atoms with van der Waals surface area (Å²) in [5.74, 6) is 0.737. The third-order valence-corrected chi connectivity index (χ3v) is 2.77. The van der Waals surface area contributed by atoms with Crippen molar-refractivity contribution in [1.82, 2.24) is 4.98 Å². The summed E-state index contributed by atoms with van der Waals surface area (Å²) in [5, 5.41) is 9.74. The molecule has 1 heterocycles. The lowest BCUT2D eigenvalue weighted by Gasteiger charge is -2.42. The van der Waals surface area contributed by atoms with Gasteiger partial charge >= 0.3 is 0 Å². The quantitative estimate of drug-likeness (QED) is 0.777. The van der Waals surface area contributed by atoms with Gasteiger partial charge in [-0.2, -0.15) is 0 Å². The van der Waals surface area contributed by atoms with Gasteiger partial charge in [-0.05, 0) is 38.8 Å². The molecule has 0 radical (unpaired) electrons. The minimum atomic E-state index is -0.662. The number of aryl methyl sites for hydroxylation is 1. The minimum Gasteiger partial charge on any atom is -0.486 e. The summed E-state index contributed by atoms with van der Waals surface area (Å²) >= 11 is 0. The lowest BCUT2D eigenvalue weighted by Crippen LogP contribution is -2.52. The molecule has 1 fully saturated rings. The van der Waals surface area contributed by atoms with E-state index in [9.17, 15) is 5.11 Å². The molecule has 1 aromatic rings. The summed E-state index contributed by atoms with van der Waals surface area (Å²) in [6.07, 6.45) is 3.36. The van der Waals surface area contributed by atoms with Gasteiger partial charge in [0.25, 0.3) is 0 Å². The number of ether oxygens (including phenoxy) is 1. The average Bonchev–Trinajstić information content (AvgIpc) is 2.15. The summed E-state index contributed by atoms with van der Waals surface area (Å²) in [6.45, 7) is 3.74. The predicted molar refractivity (Wildman–Crippen MR) is 53.2 cm³/mol. The van der Waals surface area contributed by atoms with E-state index in [1.54, 1.807) is 6.20 Å². The maximum atomic E-state index is 9.74. The molecule has 1 aliphatic rings. The molecule has 0 amide bonds. The van der Waals surface area contributed by atoms with Gasteiger partial charge in [0.15, 0.2) is 0 Å². The van der Waals surface area contributed by atoms with Crippen molar-refractivity contribution in [2.24, 2.45) is 0 Å². The molecule has 14 heavy (non-hydrogen) atoms. The topological polar surface area (TPSA) is 42.4 Å². The molecule has 3 nitrogen and oxygen atoms in total. The number of pyridine rings is 1. The van der Waals surface area contributed by atoms with Gasteiger partial charge in [-0.3, -0.25) is 4.98 Å². The molecule has 1 aliphatic carbocycles. The molecular formula is C11H15NO2. The molecule has 0 unspecified atom stereocenters. The Morgan fingerprint density at radius 1 is 1.57 bits per heavy atom. The number of rotatable bonds is 2. The van der Waals surface area contributed by atoms with E-state index in [2.05, 4.69) is 4.98 Å². The van der Waals surface area contributed by atoms with Crippen molar-refractivity contribution >= 4 is 0 Å². The van der Waals surface area contributed by atoms with Gasteiger partial charge in [0, 0.05) is 5.69 Å². The molecule has 2 atom stereocenters. The van der Waals surface area contributed by atoms with E-state index in [1.165, 1.54) is 0 Å². The Kier molecular flexibility index (Phi) is 2.19. The van der Waals surface area contributed by atoms with Crippen LogP contribution in [-0.2, 0) is 0 Å². The third-order valence-electron chi connectivity index (χ3n) is 2.77. The maximum absolute atomic E-state index is 9.74. The zero-order valence-corrected chi connectivity index (χ0v) is 8.53. The molecule has 1 saturated carbocycles. The minimum absolute atomic E-state index is 0.0768. The fourth-order valence-electron chi connectivity index (χ4n) is 1.55. The number of nitrogens with zero attached hydrogens (tertiary/aromatic N) is 1. The van der Waals surface area contributed by atoms with Crippen molar-refractivity contribution in [3.8, 4) is 5.75 Å². The van der Waals surface area contributed by atoms with Gasteiger partial charge in [0.2, 0.25) is 0 Å². The lowest BCUT2D eigenvalue weighted by atomic mass is 9.78. The van der Waals surface area contributed by atoms with Crippen molar-refractivity contribution in [3.05, 3.63) is 24.0 Å². The molecule has 0 spiro atoms. The van der Waals surface area contributed by atoms with Crippen LogP contribution in [0.1, 0.15) is 25.5 Å². The van der Waals surface area contributed by atoms with Crippen molar-refractivity contribution < 1.29 is 9.84 Å². The summed E-state index contributed by atoms with van der Waals surface area (Å²) in [6, 6.07) is 3.79. The first-order chi connectivity index (χ1) is 6.58. The molecule has 0 aromatic carbocycles. The van der Waals surface area contributed by atoms with Crippen LogP contribution in [0.5, 0.6) is 5.75 Å². The van der Waals surface area contributed by atoms with Crippen LogP contribution in [0, 0.1) is 6.92 Å². The summed E-state index contributed by atoms with van der Waals surface area (Å²) in [5.41, 5.74) is 0.308. The fraction of sp³-hybridized carbons (Fsp3) is 0.545. The first kappa shape index (κ1) is 9.46. The van der Waals surface area contributed by atoms with Crippen molar-refractivity contribution in [2.75, 3.05) is 0 Å². The lowest BCUT2D eigenvalue weighted by molar-refractivity contribution is -0.118. The van der Waals surface area contributed by atoms with Crippen LogP contribution in [0.25, 0.3) is 0 Å². The van der Waals surface area contributed by atoms with Crippen LogP contribution < -0.4 is 4.74 Å². The Morgan fingerprint density at radius 2 is 2.36 bits per heavy atom. The molecule has 3 heteroatoms. The van der Waals surface area contributed by atoms with Gasteiger partial charge in [0.05, 0.1) is 11.8 Å². The Hall–Kier alpha value is -1.09. The highest BCUT2D eigenvalue weighted by Gasteiger charge is 2.42. The second kappa shape index (κ2) is 3.24. The van der Waals surface area contributed by atoms with Crippen molar-refractivity contribution in [3.63, 3.8) is 0 Å². The van der Waals surface area contributed by atoms with Crippen LogP contribution >= 0.6 is 0 Å². The molecule has 76 valence electrons. The molecule has 0 bridgehead atoms.